The van der Waals surface area contributed by atoms with Crippen LogP contribution < -0.4 is 0 Å². The van der Waals surface area contributed by atoms with Crippen LogP contribution in [-0.2, 0) is 9.59 Å². The monoisotopic (exact) mass is 366 g/mol. The molecule has 0 aromatic heterocycles. The minimum atomic E-state index is -1.04. The number of carbonyl (C=O) groups excluding carboxylic acids is 2. The molecular formula is C18H23ClN2O4. The molecule has 1 N–H and O–H groups in total. The first-order valence-corrected chi connectivity index (χ1v) is 8.74. The predicted octanol–water partition coefficient (Wildman–Crippen LogP) is 2.51. The maximum Gasteiger partial charge on any atom is 0.323 e. The van der Waals surface area contributed by atoms with E-state index in [1.165, 1.54) is 4.90 Å². The third kappa shape index (κ3) is 4.95. The van der Waals surface area contributed by atoms with Crippen LogP contribution in [0.3, 0.4) is 0 Å². The van der Waals surface area contributed by atoms with Gasteiger partial charge in [0.05, 0.1) is 5.92 Å². The van der Waals surface area contributed by atoms with Crippen LogP contribution in [0.4, 0.5) is 0 Å². The van der Waals surface area contributed by atoms with Crippen LogP contribution >= 0.6 is 11.6 Å². The molecule has 1 aromatic rings. The summed E-state index contributed by atoms with van der Waals surface area (Å²) in [7, 11) is 0. The lowest BCUT2D eigenvalue weighted by atomic mass is 9.95. The normalized spacial score (nSPS) is 17.4. The van der Waals surface area contributed by atoms with Crippen molar-refractivity contribution >= 4 is 29.4 Å². The Morgan fingerprint density at radius 3 is 2.48 bits per heavy atom. The first kappa shape index (κ1) is 19.2. The number of amides is 2. The minimum absolute atomic E-state index is 0.136. The molecule has 0 spiro atoms. The number of carboxylic acid groups (broad SMARTS) is 1. The van der Waals surface area contributed by atoms with Crippen LogP contribution in [0.25, 0.3) is 0 Å². The van der Waals surface area contributed by atoms with Crippen LogP contribution in [0, 0.1) is 5.92 Å². The van der Waals surface area contributed by atoms with Gasteiger partial charge in [-0.15, -0.1) is 0 Å². The zero-order valence-electron chi connectivity index (χ0n) is 14.4. The number of benzene rings is 1. The van der Waals surface area contributed by atoms with E-state index in [-0.39, 0.29) is 30.3 Å². The van der Waals surface area contributed by atoms with Crippen LogP contribution in [0.2, 0.25) is 5.02 Å². The van der Waals surface area contributed by atoms with E-state index in [0.29, 0.717) is 30.1 Å². The Labute approximate surface area is 152 Å². The molecule has 0 radical (unpaired) electrons. The Hall–Kier alpha value is -2.08. The molecule has 1 fully saturated rings. The van der Waals surface area contributed by atoms with E-state index in [1.807, 2.05) is 0 Å². The highest BCUT2D eigenvalue weighted by Crippen LogP contribution is 2.22. The lowest BCUT2D eigenvalue weighted by Gasteiger charge is -2.36. The Balaban J connectivity index is 2.08. The van der Waals surface area contributed by atoms with Crippen LogP contribution in [0.15, 0.2) is 24.3 Å². The van der Waals surface area contributed by atoms with Gasteiger partial charge < -0.3 is 14.9 Å². The molecule has 0 saturated carbocycles. The molecule has 1 aliphatic rings. The van der Waals surface area contributed by atoms with Crippen molar-refractivity contribution in [2.45, 2.75) is 32.7 Å². The summed E-state index contributed by atoms with van der Waals surface area (Å²) in [5.41, 5.74) is 0.531. The van der Waals surface area contributed by atoms with Gasteiger partial charge in [0, 0.05) is 29.7 Å². The van der Waals surface area contributed by atoms with Crippen LogP contribution in [0.1, 0.15) is 37.0 Å². The average molecular weight is 367 g/mol. The molecule has 136 valence electrons. The number of carbonyl (C=O) groups is 3. The number of halogens is 1. The molecule has 1 aliphatic heterocycles. The highest BCUT2D eigenvalue weighted by atomic mass is 35.5. The summed E-state index contributed by atoms with van der Waals surface area (Å²) in [6.45, 7) is 4.16. The molecule has 0 aliphatic carbocycles. The van der Waals surface area contributed by atoms with Crippen molar-refractivity contribution in [3.05, 3.63) is 34.9 Å². The van der Waals surface area contributed by atoms with Gasteiger partial charge in [-0.1, -0.05) is 11.6 Å². The van der Waals surface area contributed by atoms with E-state index in [0.717, 1.165) is 6.42 Å². The number of hydrogen-bond donors (Lipinski definition) is 1. The first-order valence-electron chi connectivity index (χ1n) is 8.36. The lowest BCUT2D eigenvalue weighted by molar-refractivity contribution is -0.148. The summed E-state index contributed by atoms with van der Waals surface area (Å²) in [5, 5.41) is 9.58. The third-order valence-electron chi connectivity index (χ3n) is 4.36. The molecule has 25 heavy (non-hydrogen) atoms. The van der Waals surface area contributed by atoms with E-state index in [9.17, 15) is 14.4 Å². The molecule has 1 atom stereocenters. The van der Waals surface area contributed by atoms with Crippen molar-refractivity contribution in [3.63, 3.8) is 0 Å². The highest BCUT2D eigenvalue weighted by Gasteiger charge is 2.33. The molecule has 1 saturated heterocycles. The minimum Gasteiger partial charge on any atom is -0.480 e. The molecule has 2 rings (SSSR count). The maximum absolute atomic E-state index is 12.7. The maximum atomic E-state index is 12.7. The van der Waals surface area contributed by atoms with E-state index < -0.39 is 5.97 Å². The van der Waals surface area contributed by atoms with Crippen molar-refractivity contribution in [2.24, 2.45) is 5.92 Å². The molecular weight excluding hydrogens is 344 g/mol. The quantitative estimate of drug-likeness (QED) is 0.868. The third-order valence-corrected chi connectivity index (χ3v) is 4.61. The van der Waals surface area contributed by atoms with Gasteiger partial charge in [0.15, 0.2) is 0 Å². The van der Waals surface area contributed by atoms with Gasteiger partial charge in [0.25, 0.3) is 5.91 Å². The molecule has 1 unspecified atom stereocenters. The SMILES string of the molecule is CC(C)N(CC(=O)O)C(=O)C1CCCN(C(=O)c2ccc(Cl)cc2)C1. The van der Waals surface area contributed by atoms with Gasteiger partial charge in [-0.05, 0) is 51.0 Å². The zero-order chi connectivity index (χ0) is 18.6. The second-order valence-corrected chi connectivity index (χ2v) is 6.99. The highest BCUT2D eigenvalue weighted by molar-refractivity contribution is 6.30. The lowest BCUT2D eigenvalue weighted by Crippen LogP contribution is -2.49. The van der Waals surface area contributed by atoms with Gasteiger partial charge in [-0.3, -0.25) is 14.4 Å². The van der Waals surface area contributed by atoms with Crippen molar-refractivity contribution in [1.82, 2.24) is 9.80 Å². The van der Waals surface area contributed by atoms with E-state index in [2.05, 4.69) is 0 Å². The standard InChI is InChI=1S/C18H23ClN2O4/c1-12(2)21(11-16(22)23)18(25)14-4-3-9-20(10-14)17(24)13-5-7-15(19)8-6-13/h5-8,12,14H,3-4,9-11H2,1-2H3,(H,22,23). The number of likely N-dealkylation sites (tertiary alicyclic amines) is 1. The van der Waals surface area contributed by atoms with Gasteiger partial charge in [-0.25, -0.2) is 0 Å². The number of carboxylic acids is 1. The van der Waals surface area contributed by atoms with Gasteiger partial charge in [0.1, 0.15) is 6.54 Å². The number of rotatable bonds is 5. The Bertz CT molecular complexity index is 645. The van der Waals surface area contributed by atoms with Crippen LogP contribution in [0.5, 0.6) is 0 Å². The number of hydrogen-bond acceptors (Lipinski definition) is 3. The van der Waals surface area contributed by atoms with Gasteiger partial charge >= 0.3 is 5.97 Å². The summed E-state index contributed by atoms with van der Waals surface area (Å²) < 4.78 is 0. The largest absolute Gasteiger partial charge is 0.480 e. The summed E-state index contributed by atoms with van der Waals surface area (Å²) in [5.74, 6) is -1.74. The molecule has 0 bridgehead atoms. The van der Waals surface area contributed by atoms with Crippen LogP contribution in [-0.4, -0.2) is 58.4 Å². The smallest absolute Gasteiger partial charge is 0.323 e. The molecule has 1 heterocycles. The van der Waals surface area contributed by atoms with Gasteiger partial charge in [-0.2, -0.15) is 0 Å². The second kappa shape index (κ2) is 8.34. The predicted molar refractivity (Wildman–Crippen MR) is 94.6 cm³/mol. The van der Waals surface area contributed by atoms with E-state index >= 15 is 0 Å². The Kier molecular flexibility index (Phi) is 6.42. The second-order valence-electron chi connectivity index (χ2n) is 6.55. The summed E-state index contributed by atoms with van der Waals surface area (Å²) in [6, 6.07) is 6.46. The zero-order valence-corrected chi connectivity index (χ0v) is 15.2. The molecule has 1 aromatic carbocycles. The summed E-state index contributed by atoms with van der Waals surface area (Å²) >= 11 is 5.85. The Morgan fingerprint density at radius 2 is 1.92 bits per heavy atom. The van der Waals surface area contributed by atoms with Crippen molar-refractivity contribution < 1.29 is 19.5 Å². The van der Waals surface area contributed by atoms with Crippen molar-refractivity contribution in [3.8, 4) is 0 Å². The number of piperidine rings is 1. The molecule has 2 amide bonds. The fourth-order valence-corrected chi connectivity index (χ4v) is 3.16. The summed E-state index contributed by atoms with van der Waals surface area (Å²) in [6.07, 6.45) is 1.38. The van der Waals surface area contributed by atoms with E-state index in [4.69, 9.17) is 16.7 Å². The van der Waals surface area contributed by atoms with Crippen molar-refractivity contribution in [2.75, 3.05) is 19.6 Å². The molecule has 6 nitrogen and oxygen atoms in total. The average Bonchev–Trinajstić information content (AvgIpc) is 2.59. The van der Waals surface area contributed by atoms with E-state index in [1.54, 1.807) is 43.0 Å². The molecule has 7 heteroatoms. The first-order chi connectivity index (χ1) is 11.8. The number of aliphatic carboxylic acids is 1. The Morgan fingerprint density at radius 1 is 1.28 bits per heavy atom. The fourth-order valence-electron chi connectivity index (χ4n) is 3.03. The van der Waals surface area contributed by atoms with Gasteiger partial charge in [0.2, 0.25) is 5.91 Å². The fraction of sp³-hybridized carbons (Fsp3) is 0.500. The van der Waals surface area contributed by atoms with Crippen molar-refractivity contribution in [1.29, 1.82) is 0 Å². The summed E-state index contributed by atoms with van der Waals surface area (Å²) in [4.78, 5) is 39.4. The topological polar surface area (TPSA) is 77.9 Å². The number of nitrogens with zero attached hydrogens (tertiary/aromatic N) is 2.